The van der Waals surface area contributed by atoms with Crippen molar-refractivity contribution in [3.63, 3.8) is 0 Å². The van der Waals surface area contributed by atoms with Crippen LogP contribution in [-0.4, -0.2) is 30.5 Å². The molecule has 0 aliphatic carbocycles. The minimum Gasteiger partial charge on any atom is -0.464 e. The van der Waals surface area contributed by atoms with E-state index >= 15 is 0 Å². The number of pyridine rings is 1. The molecule has 0 saturated carbocycles. The molecule has 106 valence electrons. The molecular formula is C13H21N3O3. The predicted octanol–water partition coefficient (Wildman–Crippen LogP) is 1.53. The number of rotatable bonds is 3. The van der Waals surface area contributed by atoms with Gasteiger partial charge in [-0.15, -0.1) is 0 Å². The van der Waals surface area contributed by atoms with E-state index in [0.717, 1.165) is 0 Å². The number of nitrogen functional groups attached to an aromatic ring is 1. The van der Waals surface area contributed by atoms with Gasteiger partial charge in [0.2, 0.25) is 0 Å². The van der Waals surface area contributed by atoms with Crippen molar-refractivity contribution in [2.24, 2.45) is 0 Å². The molecule has 6 heteroatoms. The normalized spacial score (nSPS) is 9.11. The summed E-state index contributed by atoms with van der Waals surface area (Å²) in [5, 5.41) is 2.57. The number of carbonyl (C=O) groups excluding carboxylic acids is 2. The maximum atomic E-state index is 11.6. The molecule has 0 atom stereocenters. The number of anilines is 1. The highest BCUT2D eigenvalue weighted by Gasteiger charge is 2.18. The Hall–Kier alpha value is -2.11. The Morgan fingerprint density at radius 3 is 2.42 bits per heavy atom. The number of methoxy groups -OCH3 is 1. The van der Waals surface area contributed by atoms with E-state index in [1.807, 2.05) is 13.8 Å². The van der Waals surface area contributed by atoms with E-state index in [0.29, 0.717) is 12.1 Å². The largest absolute Gasteiger partial charge is 0.464 e. The number of nitrogens with zero attached hydrogens (tertiary/aromatic N) is 1. The Morgan fingerprint density at radius 2 is 1.95 bits per heavy atom. The minimum atomic E-state index is -0.590. The number of hydrogen-bond donors (Lipinski definition) is 2. The SMILES string of the molecule is CC.CCNC(=O)c1nc(C(=O)OC)c(C)cc1N. The molecule has 0 saturated heterocycles. The highest BCUT2D eigenvalue weighted by atomic mass is 16.5. The number of ether oxygens (including phenoxy) is 1. The summed E-state index contributed by atoms with van der Waals surface area (Å²) in [7, 11) is 1.26. The first-order valence-corrected chi connectivity index (χ1v) is 6.14. The van der Waals surface area contributed by atoms with Gasteiger partial charge in [-0.2, -0.15) is 0 Å². The molecule has 0 bridgehead atoms. The summed E-state index contributed by atoms with van der Waals surface area (Å²) in [6, 6.07) is 1.53. The van der Waals surface area contributed by atoms with Crippen molar-refractivity contribution in [2.75, 3.05) is 19.4 Å². The average Bonchev–Trinajstić information content (AvgIpc) is 2.40. The van der Waals surface area contributed by atoms with Gasteiger partial charge in [0.15, 0.2) is 11.4 Å². The van der Waals surface area contributed by atoms with Crippen molar-refractivity contribution < 1.29 is 14.3 Å². The van der Waals surface area contributed by atoms with Crippen LogP contribution in [0.3, 0.4) is 0 Å². The molecule has 1 aromatic heterocycles. The third-order valence-electron chi connectivity index (χ3n) is 2.17. The predicted molar refractivity (Wildman–Crippen MR) is 74.1 cm³/mol. The first kappa shape index (κ1) is 16.9. The van der Waals surface area contributed by atoms with E-state index in [-0.39, 0.29) is 17.1 Å². The summed E-state index contributed by atoms with van der Waals surface area (Å²) in [6.07, 6.45) is 0. The van der Waals surface area contributed by atoms with Crippen molar-refractivity contribution in [1.82, 2.24) is 10.3 Å². The summed E-state index contributed by atoms with van der Waals surface area (Å²) >= 11 is 0. The van der Waals surface area contributed by atoms with E-state index in [2.05, 4.69) is 15.0 Å². The zero-order chi connectivity index (χ0) is 15.0. The van der Waals surface area contributed by atoms with Crippen LogP contribution < -0.4 is 11.1 Å². The van der Waals surface area contributed by atoms with E-state index in [1.165, 1.54) is 13.2 Å². The van der Waals surface area contributed by atoms with Gasteiger partial charge in [0.1, 0.15) is 0 Å². The first-order valence-electron chi connectivity index (χ1n) is 6.14. The van der Waals surface area contributed by atoms with Crippen molar-refractivity contribution in [2.45, 2.75) is 27.7 Å². The number of esters is 1. The molecule has 0 spiro atoms. The molecule has 3 N–H and O–H groups in total. The molecule has 0 aromatic carbocycles. The second-order valence-corrected chi connectivity index (χ2v) is 3.44. The van der Waals surface area contributed by atoms with Crippen LogP contribution in [-0.2, 0) is 4.74 Å². The number of amides is 1. The lowest BCUT2D eigenvalue weighted by molar-refractivity contribution is 0.0593. The smallest absolute Gasteiger partial charge is 0.356 e. The van der Waals surface area contributed by atoms with Gasteiger partial charge < -0.3 is 15.8 Å². The van der Waals surface area contributed by atoms with Crippen LogP contribution in [0.2, 0.25) is 0 Å². The molecule has 0 fully saturated rings. The van der Waals surface area contributed by atoms with Crippen molar-refractivity contribution >= 4 is 17.6 Å². The van der Waals surface area contributed by atoms with Crippen molar-refractivity contribution in [1.29, 1.82) is 0 Å². The Bertz CT molecular complexity index is 459. The number of nitrogens with one attached hydrogen (secondary N) is 1. The summed E-state index contributed by atoms with van der Waals surface area (Å²) in [4.78, 5) is 27.0. The molecule has 6 nitrogen and oxygen atoms in total. The monoisotopic (exact) mass is 267 g/mol. The second kappa shape index (κ2) is 8.07. The molecule has 0 unspecified atom stereocenters. The fraction of sp³-hybridized carbons (Fsp3) is 0.462. The van der Waals surface area contributed by atoms with Crippen LogP contribution in [0.25, 0.3) is 0 Å². The fourth-order valence-corrected chi connectivity index (χ4v) is 1.36. The number of hydrogen-bond acceptors (Lipinski definition) is 5. The molecule has 1 amide bonds. The van der Waals surface area contributed by atoms with Crippen LogP contribution in [0.4, 0.5) is 5.69 Å². The molecule has 0 aliphatic heterocycles. The van der Waals surface area contributed by atoms with Crippen LogP contribution >= 0.6 is 0 Å². The maximum absolute atomic E-state index is 11.6. The van der Waals surface area contributed by atoms with E-state index in [4.69, 9.17) is 5.73 Å². The van der Waals surface area contributed by atoms with Crippen LogP contribution in [0, 0.1) is 6.92 Å². The van der Waals surface area contributed by atoms with Crippen LogP contribution in [0.1, 0.15) is 47.3 Å². The van der Waals surface area contributed by atoms with Gasteiger partial charge in [0, 0.05) is 6.54 Å². The minimum absolute atomic E-state index is 0.0397. The average molecular weight is 267 g/mol. The highest BCUT2D eigenvalue weighted by molar-refractivity contribution is 5.99. The van der Waals surface area contributed by atoms with Gasteiger partial charge in [-0.05, 0) is 25.5 Å². The lowest BCUT2D eigenvalue weighted by atomic mass is 10.1. The third kappa shape index (κ3) is 4.24. The first-order chi connectivity index (χ1) is 9.01. The Labute approximate surface area is 113 Å². The van der Waals surface area contributed by atoms with Gasteiger partial charge >= 0.3 is 5.97 Å². The lowest BCUT2D eigenvalue weighted by Gasteiger charge is -2.09. The summed E-state index contributed by atoms with van der Waals surface area (Å²) in [6.45, 7) is 7.92. The topological polar surface area (TPSA) is 94.3 Å². The van der Waals surface area contributed by atoms with Gasteiger partial charge in [-0.1, -0.05) is 13.8 Å². The van der Waals surface area contributed by atoms with Crippen molar-refractivity contribution in [3.8, 4) is 0 Å². The fourth-order valence-electron chi connectivity index (χ4n) is 1.36. The Balaban J connectivity index is 0.00000154. The van der Waals surface area contributed by atoms with Gasteiger partial charge in [-0.25, -0.2) is 9.78 Å². The standard InChI is InChI=1S/C11H15N3O3.C2H6/c1-4-13-10(15)9-7(12)5-6(2)8(14-9)11(16)17-3;1-2/h5H,4,12H2,1-3H3,(H,13,15);1-2H3. The molecular weight excluding hydrogens is 246 g/mol. The van der Waals surface area contributed by atoms with Gasteiger partial charge in [-0.3, -0.25) is 4.79 Å². The lowest BCUT2D eigenvalue weighted by Crippen LogP contribution is -2.26. The number of aromatic nitrogens is 1. The summed E-state index contributed by atoms with van der Waals surface area (Å²) < 4.78 is 4.58. The molecule has 1 aromatic rings. The zero-order valence-electron chi connectivity index (χ0n) is 12.0. The van der Waals surface area contributed by atoms with Crippen molar-refractivity contribution in [3.05, 3.63) is 23.0 Å². The number of carbonyl (C=O) groups is 2. The number of aryl methyl sites for hydroxylation is 1. The summed E-state index contributed by atoms with van der Waals surface area (Å²) in [5.74, 6) is -0.997. The van der Waals surface area contributed by atoms with Crippen LogP contribution in [0.15, 0.2) is 6.07 Å². The highest BCUT2D eigenvalue weighted by Crippen LogP contribution is 2.15. The van der Waals surface area contributed by atoms with Crippen LogP contribution in [0.5, 0.6) is 0 Å². The molecule has 1 rings (SSSR count). The molecule has 1 heterocycles. The van der Waals surface area contributed by atoms with E-state index < -0.39 is 11.9 Å². The van der Waals surface area contributed by atoms with E-state index in [1.54, 1.807) is 13.8 Å². The Morgan fingerprint density at radius 1 is 1.37 bits per heavy atom. The molecule has 19 heavy (non-hydrogen) atoms. The zero-order valence-corrected chi connectivity index (χ0v) is 12.0. The third-order valence-corrected chi connectivity index (χ3v) is 2.17. The molecule has 0 radical (unpaired) electrons. The second-order valence-electron chi connectivity index (χ2n) is 3.44. The Kier molecular flexibility index (Phi) is 7.18. The van der Waals surface area contributed by atoms with Gasteiger partial charge in [0.25, 0.3) is 5.91 Å². The number of nitrogens with two attached hydrogens (primary N) is 1. The maximum Gasteiger partial charge on any atom is 0.356 e. The van der Waals surface area contributed by atoms with E-state index in [9.17, 15) is 9.59 Å². The van der Waals surface area contributed by atoms with Gasteiger partial charge in [0.05, 0.1) is 12.8 Å². The quantitative estimate of drug-likeness (QED) is 0.810. The molecule has 0 aliphatic rings. The summed E-state index contributed by atoms with van der Waals surface area (Å²) in [5.41, 5.74) is 6.64.